The van der Waals surface area contributed by atoms with Crippen LogP contribution in [0.1, 0.15) is 5.76 Å². The van der Waals surface area contributed by atoms with Gasteiger partial charge in [-0.05, 0) is 12.1 Å². The van der Waals surface area contributed by atoms with E-state index in [1.54, 1.807) is 7.11 Å². The molecular formula is C20H24N2O6. The molecule has 0 atom stereocenters. The summed E-state index contributed by atoms with van der Waals surface area (Å²) in [6.07, 6.45) is 1.24. The van der Waals surface area contributed by atoms with E-state index >= 15 is 0 Å². The molecule has 0 saturated carbocycles. The summed E-state index contributed by atoms with van der Waals surface area (Å²) in [5.74, 6) is 0.859. The molecule has 0 aliphatic carbocycles. The average molecular weight is 388 g/mol. The van der Waals surface area contributed by atoms with Gasteiger partial charge < -0.3 is 23.5 Å². The first-order valence-electron chi connectivity index (χ1n) is 9.02. The van der Waals surface area contributed by atoms with Crippen LogP contribution in [-0.2, 0) is 16.1 Å². The zero-order valence-corrected chi connectivity index (χ0v) is 16.1. The smallest absolute Gasteiger partial charge is 0.343 e. The number of carbonyl (C=O) groups is 1. The molecule has 0 bridgehead atoms. The van der Waals surface area contributed by atoms with Crippen LogP contribution in [0.2, 0.25) is 0 Å². The number of esters is 1. The molecule has 8 nitrogen and oxygen atoms in total. The van der Waals surface area contributed by atoms with Crippen molar-refractivity contribution in [2.24, 2.45) is 0 Å². The summed E-state index contributed by atoms with van der Waals surface area (Å²) < 4.78 is 20.5. The zero-order valence-electron chi connectivity index (χ0n) is 16.1. The number of piperazine rings is 1. The maximum atomic E-state index is 12.1. The highest BCUT2D eigenvalue weighted by Gasteiger charge is 2.20. The van der Waals surface area contributed by atoms with Crippen molar-refractivity contribution in [3.63, 3.8) is 0 Å². The molecule has 0 N–H and O–H groups in total. The maximum absolute atomic E-state index is 12.1. The van der Waals surface area contributed by atoms with Crippen molar-refractivity contribution in [1.29, 1.82) is 0 Å². The molecule has 0 amide bonds. The van der Waals surface area contributed by atoms with E-state index in [0.29, 0.717) is 12.3 Å². The lowest BCUT2D eigenvalue weighted by Crippen LogP contribution is -2.46. The summed E-state index contributed by atoms with van der Waals surface area (Å²) in [7, 11) is 2.93. The van der Waals surface area contributed by atoms with E-state index < -0.39 is 5.97 Å². The number of nitrogens with zero attached hydrogens (tertiary/aromatic N) is 2. The van der Waals surface area contributed by atoms with Crippen LogP contribution in [-0.4, -0.2) is 57.9 Å². The van der Waals surface area contributed by atoms with E-state index in [9.17, 15) is 9.59 Å². The molecule has 2 heterocycles. The molecule has 2 aromatic rings. The highest BCUT2D eigenvalue weighted by molar-refractivity contribution is 5.70. The molecule has 1 aromatic heterocycles. The van der Waals surface area contributed by atoms with Crippen LogP contribution in [0, 0.1) is 0 Å². The number of hydrogen-bond acceptors (Lipinski definition) is 8. The van der Waals surface area contributed by atoms with Gasteiger partial charge in [-0.2, -0.15) is 0 Å². The van der Waals surface area contributed by atoms with Gasteiger partial charge in [0.2, 0.25) is 11.2 Å². The Bertz CT molecular complexity index is 858. The minimum Gasteiger partial charge on any atom is -0.495 e. The standard InChI is InChI=1S/C20H24N2O6/c1-25-18-6-4-3-5-16(18)22-9-7-21(8-10-22)12-15-11-17(23)19(13-27-15)28-14-20(24)26-2/h3-6,11,13H,7-10,12,14H2,1-2H3. The fourth-order valence-corrected chi connectivity index (χ4v) is 3.08. The maximum Gasteiger partial charge on any atom is 0.343 e. The van der Waals surface area contributed by atoms with Gasteiger partial charge in [0.15, 0.2) is 6.61 Å². The Labute approximate surface area is 163 Å². The van der Waals surface area contributed by atoms with E-state index in [-0.39, 0.29) is 17.8 Å². The Hall–Kier alpha value is -3.00. The van der Waals surface area contributed by atoms with Crippen LogP contribution in [0.15, 0.2) is 45.8 Å². The monoisotopic (exact) mass is 388 g/mol. The summed E-state index contributed by atoms with van der Waals surface area (Å²) in [6, 6.07) is 9.38. The van der Waals surface area contributed by atoms with E-state index in [0.717, 1.165) is 37.6 Å². The van der Waals surface area contributed by atoms with E-state index in [2.05, 4.69) is 20.6 Å². The molecule has 28 heavy (non-hydrogen) atoms. The second kappa shape index (κ2) is 9.27. The first-order chi connectivity index (χ1) is 13.6. The Morgan fingerprint density at radius 3 is 2.54 bits per heavy atom. The quantitative estimate of drug-likeness (QED) is 0.661. The van der Waals surface area contributed by atoms with Gasteiger partial charge in [-0.25, -0.2) is 4.79 Å². The lowest BCUT2D eigenvalue weighted by Gasteiger charge is -2.36. The molecule has 0 spiro atoms. The van der Waals surface area contributed by atoms with Crippen molar-refractivity contribution in [2.75, 3.05) is 51.9 Å². The van der Waals surface area contributed by atoms with Gasteiger partial charge in [-0.15, -0.1) is 0 Å². The molecule has 1 aromatic carbocycles. The van der Waals surface area contributed by atoms with Crippen molar-refractivity contribution in [3.8, 4) is 11.5 Å². The summed E-state index contributed by atoms with van der Waals surface area (Å²) in [5.41, 5.74) is 0.765. The topological polar surface area (TPSA) is 81.5 Å². The predicted octanol–water partition coefficient (Wildman–Crippen LogP) is 1.52. The molecule has 1 aliphatic heterocycles. The predicted molar refractivity (Wildman–Crippen MR) is 103 cm³/mol. The Morgan fingerprint density at radius 2 is 1.86 bits per heavy atom. The van der Waals surface area contributed by atoms with Gasteiger partial charge in [0.1, 0.15) is 17.8 Å². The third-order valence-corrected chi connectivity index (χ3v) is 4.60. The van der Waals surface area contributed by atoms with Gasteiger partial charge in [-0.1, -0.05) is 12.1 Å². The van der Waals surface area contributed by atoms with Gasteiger partial charge in [-0.3, -0.25) is 9.69 Å². The normalized spacial score (nSPS) is 14.6. The molecule has 0 radical (unpaired) electrons. The fourth-order valence-electron chi connectivity index (χ4n) is 3.08. The number of benzene rings is 1. The third-order valence-electron chi connectivity index (χ3n) is 4.60. The Balaban J connectivity index is 1.55. The molecular weight excluding hydrogens is 364 g/mol. The van der Waals surface area contributed by atoms with Crippen molar-refractivity contribution in [2.45, 2.75) is 6.54 Å². The van der Waals surface area contributed by atoms with Crippen molar-refractivity contribution in [3.05, 3.63) is 52.6 Å². The lowest BCUT2D eigenvalue weighted by molar-refractivity contribution is -0.142. The molecule has 8 heteroatoms. The minimum atomic E-state index is -0.559. The van der Waals surface area contributed by atoms with Gasteiger partial charge >= 0.3 is 5.97 Å². The average Bonchev–Trinajstić information content (AvgIpc) is 2.73. The number of methoxy groups -OCH3 is 2. The number of para-hydroxylation sites is 2. The third kappa shape index (κ3) is 4.83. The van der Waals surface area contributed by atoms with Gasteiger partial charge in [0, 0.05) is 32.2 Å². The van der Waals surface area contributed by atoms with Crippen LogP contribution in [0.3, 0.4) is 0 Å². The lowest BCUT2D eigenvalue weighted by atomic mass is 10.2. The van der Waals surface area contributed by atoms with Crippen LogP contribution in [0.4, 0.5) is 5.69 Å². The molecule has 1 fully saturated rings. The number of carbonyl (C=O) groups excluding carboxylic acids is 1. The highest BCUT2D eigenvalue weighted by atomic mass is 16.6. The first-order valence-corrected chi connectivity index (χ1v) is 9.02. The number of anilines is 1. The largest absolute Gasteiger partial charge is 0.495 e. The Kier molecular flexibility index (Phi) is 6.54. The number of rotatable bonds is 7. The minimum absolute atomic E-state index is 0.00450. The van der Waals surface area contributed by atoms with Crippen molar-refractivity contribution >= 4 is 11.7 Å². The second-order valence-electron chi connectivity index (χ2n) is 6.37. The molecule has 150 valence electrons. The van der Waals surface area contributed by atoms with Crippen LogP contribution >= 0.6 is 0 Å². The SMILES string of the molecule is COC(=O)COc1coc(CN2CCN(c3ccccc3OC)CC2)cc1=O. The van der Waals surface area contributed by atoms with E-state index in [1.165, 1.54) is 19.4 Å². The Morgan fingerprint density at radius 1 is 1.11 bits per heavy atom. The van der Waals surface area contributed by atoms with Crippen molar-refractivity contribution < 1.29 is 23.4 Å². The number of ether oxygens (including phenoxy) is 3. The van der Waals surface area contributed by atoms with Crippen LogP contribution in [0.25, 0.3) is 0 Å². The van der Waals surface area contributed by atoms with E-state index in [1.807, 2.05) is 18.2 Å². The van der Waals surface area contributed by atoms with Gasteiger partial charge in [0.05, 0.1) is 26.5 Å². The molecule has 0 unspecified atom stereocenters. The number of hydrogen-bond donors (Lipinski definition) is 0. The van der Waals surface area contributed by atoms with Crippen molar-refractivity contribution in [1.82, 2.24) is 4.90 Å². The van der Waals surface area contributed by atoms with Gasteiger partial charge in [0.25, 0.3) is 0 Å². The van der Waals surface area contributed by atoms with Crippen LogP contribution < -0.4 is 19.8 Å². The summed E-state index contributed by atoms with van der Waals surface area (Å²) >= 11 is 0. The molecule has 3 rings (SSSR count). The second-order valence-corrected chi connectivity index (χ2v) is 6.37. The highest BCUT2D eigenvalue weighted by Crippen LogP contribution is 2.28. The van der Waals surface area contributed by atoms with Crippen LogP contribution in [0.5, 0.6) is 11.5 Å². The van der Waals surface area contributed by atoms with E-state index in [4.69, 9.17) is 13.9 Å². The summed E-state index contributed by atoms with van der Waals surface area (Å²) in [4.78, 5) is 27.7. The fraction of sp³-hybridized carbons (Fsp3) is 0.400. The molecule has 1 saturated heterocycles. The summed E-state index contributed by atoms with van der Waals surface area (Å²) in [5, 5.41) is 0. The summed E-state index contributed by atoms with van der Waals surface area (Å²) in [6.45, 7) is 3.58. The first kappa shape index (κ1) is 19.8. The zero-order chi connectivity index (χ0) is 19.9. The molecule has 1 aliphatic rings.